The second-order valence-electron chi connectivity index (χ2n) is 5.57. The van der Waals surface area contributed by atoms with Crippen molar-refractivity contribution in [3.63, 3.8) is 0 Å². The third-order valence-electron chi connectivity index (χ3n) is 3.25. The Bertz CT molecular complexity index is 146. The van der Waals surface area contributed by atoms with Crippen LogP contribution in [0.4, 0.5) is 0 Å². The van der Waals surface area contributed by atoms with Crippen LogP contribution >= 0.6 is 0 Å². The lowest BCUT2D eigenvalue weighted by atomic mass is 10.0. The molecule has 2 heteroatoms. The van der Waals surface area contributed by atoms with E-state index < -0.39 is 0 Å². The predicted octanol–water partition coefficient (Wildman–Crippen LogP) is 3.84. The zero-order valence-corrected chi connectivity index (χ0v) is 12.3. The highest BCUT2D eigenvalue weighted by molar-refractivity contribution is 4.64. The van der Waals surface area contributed by atoms with E-state index in [1.165, 1.54) is 51.4 Å². The van der Waals surface area contributed by atoms with Gasteiger partial charge in [0, 0.05) is 12.1 Å². The first-order chi connectivity index (χ1) is 8.16. The van der Waals surface area contributed by atoms with Gasteiger partial charge in [0.1, 0.15) is 0 Å². The first-order valence-electron chi connectivity index (χ1n) is 7.65. The number of hydrogen-bond acceptors (Lipinski definition) is 2. The van der Waals surface area contributed by atoms with Crippen molar-refractivity contribution in [2.75, 3.05) is 6.54 Å². The quantitative estimate of drug-likeness (QED) is 0.510. The van der Waals surface area contributed by atoms with Crippen molar-refractivity contribution >= 4 is 0 Å². The van der Waals surface area contributed by atoms with Crippen LogP contribution in [-0.2, 0) is 0 Å². The molecule has 0 rings (SSSR count). The fourth-order valence-electron chi connectivity index (χ4n) is 2.07. The van der Waals surface area contributed by atoms with Crippen molar-refractivity contribution in [3.05, 3.63) is 0 Å². The van der Waals surface area contributed by atoms with Gasteiger partial charge in [-0.05, 0) is 19.4 Å². The lowest BCUT2D eigenvalue weighted by Gasteiger charge is -2.13. The van der Waals surface area contributed by atoms with E-state index in [1.54, 1.807) is 0 Å². The van der Waals surface area contributed by atoms with Gasteiger partial charge in [-0.25, -0.2) is 0 Å². The molecule has 104 valence electrons. The van der Waals surface area contributed by atoms with Gasteiger partial charge in [0.2, 0.25) is 0 Å². The second-order valence-corrected chi connectivity index (χ2v) is 5.57. The number of hydrogen-bond donors (Lipinski definition) is 2. The zero-order chi connectivity index (χ0) is 12.9. The summed E-state index contributed by atoms with van der Waals surface area (Å²) in [4.78, 5) is 0. The minimum absolute atomic E-state index is 0.400. The summed E-state index contributed by atoms with van der Waals surface area (Å²) in [5.41, 5.74) is 6.08. The fourth-order valence-corrected chi connectivity index (χ4v) is 2.07. The molecule has 17 heavy (non-hydrogen) atoms. The maximum absolute atomic E-state index is 6.08. The zero-order valence-electron chi connectivity index (χ0n) is 12.3. The van der Waals surface area contributed by atoms with Crippen molar-refractivity contribution in [1.82, 2.24) is 5.32 Å². The van der Waals surface area contributed by atoms with E-state index in [1.807, 2.05) is 0 Å². The summed E-state index contributed by atoms with van der Waals surface area (Å²) in [5.74, 6) is 0. The Hall–Kier alpha value is -0.0800. The number of nitrogens with two attached hydrogens (primary N) is 1. The maximum atomic E-state index is 6.08. The van der Waals surface area contributed by atoms with Gasteiger partial charge in [-0.1, -0.05) is 65.7 Å². The average molecular weight is 242 g/mol. The van der Waals surface area contributed by atoms with Crippen LogP contribution in [0.15, 0.2) is 0 Å². The first-order valence-corrected chi connectivity index (χ1v) is 7.65. The molecule has 0 aliphatic rings. The average Bonchev–Trinajstić information content (AvgIpc) is 2.27. The highest BCUT2D eigenvalue weighted by atomic mass is 14.9. The van der Waals surface area contributed by atoms with Gasteiger partial charge in [0.15, 0.2) is 0 Å². The SMILES string of the molecule is CCCCCCCCCC(N)CCNC(C)C. The number of rotatable bonds is 12. The highest BCUT2D eigenvalue weighted by Crippen LogP contribution is 2.09. The van der Waals surface area contributed by atoms with E-state index >= 15 is 0 Å². The van der Waals surface area contributed by atoms with Gasteiger partial charge in [-0.3, -0.25) is 0 Å². The minimum atomic E-state index is 0.400. The molecule has 2 nitrogen and oxygen atoms in total. The molecule has 0 heterocycles. The smallest absolute Gasteiger partial charge is 0.00509 e. The lowest BCUT2D eigenvalue weighted by Crippen LogP contribution is -2.30. The first kappa shape index (κ1) is 16.9. The van der Waals surface area contributed by atoms with Crippen molar-refractivity contribution in [1.29, 1.82) is 0 Å². The van der Waals surface area contributed by atoms with Gasteiger partial charge in [-0.2, -0.15) is 0 Å². The largest absolute Gasteiger partial charge is 0.328 e. The van der Waals surface area contributed by atoms with Crippen LogP contribution in [0.1, 0.15) is 78.6 Å². The molecular formula is C15H34N2. The molecule has 0 saturated carbocycles. The van der Waals surface area contributed by atoms with Crippen molar-refractivity contribution < 1.29 is 0 Å². The molecular weight excluding hydrogens is 208 g/mol. The Morgan fingerprint density at radius 3 is 2.06 bits per heavy atom. The van der Waals surface area contributed by atoms with Gasteiger partial charge in [0.25, 0.3) is 0 Å². The maximum Gasteiger partial charge on any atom is 0.00509 e. The molecule has 3 N–H and O–H groups in total. The highest BCUT2D eigenvalue weighted by Gasteiger charge is 2.02. The van der Waals surface area contributed by atoms with Crippen molar-refractivity contribution in [3.8, 4) is 0 Å². The van der Waals surface area contributed by atoms with E-state index in [0.29, 0.717) is 12.1 Å². The normalized spacial score (nSPS) is 13.2. The van der Waals surface area contributed by atoms with Gasteiger partial charge >= 0.3 is 0 Å². The molecule has 1 atom stereocenters. The van der Waals surface area contributed by atoms with Crippen molar-refractivity contribution in [2.45, 2.75) is 90.6 Å². The van der Waals surface area contributed by atoms with Crippen LogP contribution in [0, 0.1) is 0 Å². The molecule has 0 fully saturated rings. The van der Waals surface area contributed by atoms with Crippen molar-refractivity contribution in [2.24, 2.45) is 5.73 Å². The molecule has 0 bridgehead atoms. The van der Waals surface area contributed by atoms with Gasteiger partial charge in [0.05, 0.1) is 0 Å². The Morgan fingerprint density at radius 2 is 1.47 bits per heavy atom. The summed E-state index contributed by atoms with van der Waals surface area (Å²) in [6.45, 7) is 7.70. The van der Waals surface area contributed by atoms with Crippen LogP contribution in [0.25, 0.3) is 0 Å². The van der Waals surface area contributed by atoms with Crippen LogP contribution < -0.4 is 11.1 Å². The van der Waals surface area contributed by atoms with E-state index in [9.17, 15) is 0 Å². The molecule has 0 aliphatic carbocycles. The Kier molecular flexibility index (Phi) is 12.3. The Balaban J connectivity index is 3.13. The standard InChI is InChI=1S/C15H34N2/c1-4-5-6-7-8-9-10-11-15(16)12-13-17-14(2)3/h14-15,17H,4-13,16H2,1-3H3. The fraction of sp³-hybridized carbons (Fsp3) is 1.00. The summed E-state index contributed by atoms with van der Waals surface area (Å²) >= 11 is 0. The minimum Gasteiger partial charge on any atom is -0.328 e. The van der Waals surface area contributed by atoms with E-state index in [2.05, 4.69) is 26.1 Å². The summed E-state index contributed by atoms with van der Waals surface area (Å²) in [6.07, 6.45) is 12.0. The molecule has 0 aliphatic heterocycles. The molecule has 0 saturated heterocycles. The topological polar surface area (TPSA) is 38.0 Å². The third kappa shape index (κ3) is 13.9. The molecule has 0 amide bonds. The molecule has 0 aromatic rings. The molecule has 0 aromatic carbocycles. The molecule has 0 radical (unpaired) electrons. The van der Waals surface area contributed by atoms with Crippen LogP contribution in [0.3, 0.4) is 0 Å². The molecule has 1 unspecified atom stereocenters. The van der Waals surface area contributed by atoms with Crippen LogP contribution in [0.2, 0.25) is 0 Å². The summed E-state index contributed by atoms with van der Waals surface area (Å²) in [5, 5.41) is 3.42. The van der Waals surface area contributed by atoms with E-state index in [0.717, 1.165) is 13.0 Å². The summed E-state index contributed by atoms with van der Waals surface area (Å²) in [7, 11) is 0. The Morgan fingerprint density at radius 1 is 0.882 bits per heavy atom. The summed E-state index contributed by atoms with van der Waals surface area (Å²) in [6, 6.07) is 0.984. The Labute approximate surface area is 109 Å². The van der Waals surface area contributed by atoms with E-state index in [-0.39, 0.29) is 0 Å². The van der Waals surface area contributed by atoms with Crippen LogP contribution in [-0.4, -0.2) is 18.6 Å². The predicted molar refractivity (Wildman–Crippen MR) is 78.3 cm³/mol. The van der Waals surface area contributed by atoms with Crippen LogP contribution in [0.5, 0.6) is 0 Å². The molecule has 0 aromatic heterocycles. The van der Waals surface area contributed by atoms with Gasteiger partial charge < -0.3 is 11.1 Å². The van der Waals surface area contributed by atoms with E-state index in [4.69, 9.17) is 5.73 Å². The lowest BCUT2D eigenvalue weighted by molar-refractivity contribution is 0.479. The molecule has 0 spiro atoms. The number of unbranched alkanes of at least 4 members (excludes halogenated alkanes) is 6. The summed E-state index contributed by atoms with van der Waals surface area (Å²) < 4.78 is 0. The van der Waals surface area contributed by atoms with Gasteiger partial charge in [-0.15, -0.1) is 0 Å². The third-order valence-corrected chi connectivity index (χ3v) is 3.25. The number of nitrogens with one attached hydrogen (secondary N) is 1. The monoisotopic (exact) mass is 242 g/mol. The second kappa shape index (κ2) is 12.4.